The van der Waals surface area contributed by atoms with E-state index in [-0.39, 0.29) is 18.9 Å². The summed E-state index contributed by atoms with van der Waals surface area (Å²) in [5, 5.41) is 0. The topological polar surface area (TPSA) is 0 Å². The van der Waals surface area contributed by atoms with Gasteiger partial charge in [0.15, 0.2) is 0 Å². The van der Waals surface area contributed by atoms with Crippen LogP contribution in [0.4, 0.5) is 0 Å². The molecule has 0 aliphatic heterocycles. The molecular formula is C6H5BrSn. The number of hydrogen-bond donors (Lipinski definition) is 0. The molecule has 0 saturated heterocycles. The van der Waals surface area contributed by atoms with Crippen LogP contribution in [0.5, 0.6) is 0 Å². The molecule has 2 radical (unpaired) electrons. The van der Waals surface area contributed by atoms with Crippen LogP contribution in [-0.4, -0.2) is 18.9 Å². The standard InChI is InChI=1S/C6H5.BrH.Sn/c1-2-4-6-5-3-1;;/h1-5H;1H;/q;;+1/p-1. The normalized spacial score (nSPS) is 9.12. The summed E-state index contributed by atoms with van der Waals surface area (Å²) >= 11 is 3.20. The van der Waals surface area contributed by atoms with Crippen molar-refractivity contribution in [2.45, 2.75) is 0 Å². The Balaban J connectivity index is 2.83. The van der Waals surface area contributed by atoms with E-state index in [1.165, 1.54) is 3.58 Å². The van der Waals surface area contributed by atoms with Gasteiger partial charge in [0.25, 0.3) is 0 Å². The van der Waals surface area contributed by atoms with E-state index in [1.54, 1.807) is 0 Å². The van der Waals surface area contributed by atoms with E-state index in [1.807, 2.05) is 6.07 Å². The summed E-state index contributed by atoms with van der Waals surface area (Å²) in [4.78, 5) is 0. The summed E-state index contributed by atoms with van der Waals surface area (Å²) in [6.07, 6.45) is 0. The van der Waals surface area contributed by atoms with Crippen molar-refractivity contribution in [3.8, 4) is 0 Å². The molecule has 0 aromatic heterocycles. The molecule has 0 fully saturated rings. The summed E-state index contributed by atoms with van der Waals surface area (Å²) in [6.45, 7) is 0. The first-order valence-electron chi connectivity index (χ1n) is 2.35. The van der Waals surface area contributed by atoms with Crippen molar-refractivity contribution in [3.63, 3.8) is 0 Å². The Morgan fingerprint density at radius 3 is 2.12 bits per heavy atom. The number of rotatable bonds is 1. The Morgan fingerprint density at radius 1 is 1.12 bits per heavy atom. The van der Waals surface area contributed by atoms with Gasteiger partial charge >= 0.3 is 65.5 Å². The van der Waals surface area contributed by atoms with Gasteiger partial charge in [0, 0.05) is 0 Å². The van der Waals surface area contributed by atoms with Gasteiger partial charge in [-0.05, 0) is 0 Å². The van der Waals surface area contributed by atoms with Crippen LogP contribution in [0.25, 0.3) is 0 Å². The molecule has 1 aromatic rings. The molecule has 8 heavy (non-hydrogen) atoms. The summed E-state index contributed by atoms with van der Waals surface area (Å²) in [7, 11) is 0. The minimum atomic E-state index is -0.331. The molecule has 0 heterocycles. The molecule has 0 aliphatic carbocycles. The van der Waals surface area contributed by atoms with Gasteiger partial charge in [-0.1, -0.05) is 0 Å². The molecule has 0 aliphatic rings. The minimum absolute atomic E-state index is 0.331. The van der Waals surface area contributed by atoms with Gasteiger partial charge in [-0.2, -0.15) is 0 Å². The van der Waals surface area contributed by atoms with E-state index in [2.05, 4.69) is 37.0 Å². The summed E-state index contributed by atoms with van der Waals surface area (Å²) in [6, 6.07) is 10.5. The van der Waals surface area contributed by atoms with Crippen LogP contribution in [0.3, 0.4) is 0 Å². The van der Waals surface area contributed by atoms with Crippen molar-refractivity contribution in [2.24, 2.45) is 0 Å². The van der Waals surface area contributed by atoms with Crippen LogP contribution in [-0.2, 0) is 0 Å². The third kappa shape index (κ3) is 1.78. The fraction of sp³-hybridized carbons (Fsp3) is 0. The van der Waals surface area contributed by atoms with E-state index >= 15 is 0 Å². The first-order chi connectivity index (χ1) is 3.93. The van der Waals surface area contributed by atoms with Crippen molar-refractivity contribution < 1.29 is 0 Å². The average Bonchev–Trinajstić information content (AvgIpc) is 1.90. The van der Waals surface area contributed by atoms with E-state index in [0.29, 0.717) is 0 Å². The van der Waals surface area contributed by atoms with Gasteiger partial charge in [0.1, 0.15) is 0 Å². The van der Waals surface area contributed by atoms with Gasteiger partial charge in [0.2, 0.25) is 0 Å². The SMILES string of the molecule is [Br][Sn][c]1ccccc1. The van der Waals surface area contributed by atoms with Crippen LogP contribution >= 0.6 is 12.7 Å². The molecular weight excluding hydrogens is 271 g/mol. The molecule has 0 unspecified atom stereocenters. The second-order valence-electron chi connectivity index (χ2n) is 1.46. The van der Waals surface area contributed by atoms with Crippen molar-refractivity contribution in [3.05, 3.63) is 30.3 Å². The molecule has 0 N–H and O–H groups in total. The van der Waals surface area contributed by atoms with Gasteiger partial charge in [-0.15, -0.1) is 0 Å². The monoisotopic (exact) mass is 276 g/mol. The maximum absolute atomic E-state index is 3.53. The fourth-order valence-corrected chi connectivity index (χ4v) is 3.18. The maximum atomic E-state index is 3.53. The van der Waals surface area contributed by atoms with Crippen molar-refractivity contribution in [1.29, 1.82) is 0 Å². The van der Waals surface area contributed by atoms with Crippen LogP contribution < -0.4 is 3.58 Å². The van der Waals surface area contributed by atoms with Gasteiger partial charge < -0.3 is 0 Å². The first-order valence-corrected chi connectivity index (χ1v) is 10.2. The van der Waals surface area contributed by atoms with Crippen LogP contribution in [0.1, 0.15) is 0 Å². The van der Waals surface area contributed by atoms with Gasteiger partial charge in [-0.25, -0.2) is 0 Å². The predicted octanol–water partition coefficient (Wildman–Crippen LogP) is 1.33. The zero-order chi connectivity index (χ0) is 5.82. The second-order valence-corrected chi connectivity index (χ2v) is 6.31. The van der Waals surface area contributed by atoms with Crippen molar-refractivity contribution in [2.75, 3.05) is 0 Å². The van der Waals surface area contributed by atoms with Gasteiger partial charge in [0.05, 0.1) is 0 Å². The molecule has 1 rings (SSSR count). The molecule has 2 heteroatoms. The Morgan fingerprint density at radius 2 is 1.75 bits per heavy atom. The third-order valence-electron chi connectivity index (χ3n) is 0.883. The zero-order valence-corrected chi connectivity index (χ0v) is 8.70. The number of halogens is 1. The molecule has 40 valence electrons. The van der Waals surface area contributed by atoms with Crippen LogP contribution in [0.15, 0.2) is 30.3 Å². The van der Waals surface area contributed by atoms with Crippen LogP contribution in [0.2, 0.25) is 0 Å². The van der Waals surface area contributed by atoms with E-state index < -0.39 is 0 Å². The summed E-state index contributed by atoms with van der Waals surface area (Å²) in [5.74, 6) is 0. The molecule has 0 spiro atoms. The van der Waals surface area contributed by atoms with E-state index in [9.17, 15) is 0 Å². The third-order valence-corrected chi connectivity index (χ3v) is 5.53. The summed E-state index contributed by atoms with van der Waals surface area (Å²) in [5.41, 5.74) is 0. The Kier molecular flexibility index (Phi) is 2.90. The Labute approximate surface area is 65.3 Å². The molecule has 0 bridgehead atoms. The molecule has 1 aromatic carbocycles. The second kappa shape index (κ2) is 3.51. The Hall–Kier alpha value is 0.499. The van der Waals surface area contributed by atoms with E-state index in [0.717, 1.165) is 0 Å². The first kappa shape index (κ1) is 6.62. The molecule has 0 nitrogen and oxygen atoms in total. The zero-order valence-electron chi connectivity index (χ0n) is 4.26. The molecule has 0 amide bonds. The van der Waals surface area contributed by atoms with Crippen molar-refractivity contribution in [1.82, 2.24) is 0 Å². The predicted molar refractivity (Wildman–Crippen MR) is 40.8 cm³/mol. The quantitative estimate of drug-likeness (QED) is 0.679. The van der Waals surface area contributed by atoms with Crippen molar-refractivity contribution >= 4 is 35.2 Å². The molecule has 0 saturated carbocycles. The fourth-order valence-electron chi connectivity index (χ4n) is 0.501. The number of hydrogen-bond acceptors (Lipinski definition) is 0. The van der Waals surface area contributed by atoms with Crippen LogP contribution in [0, 0.1) is 0 Å². The molecule has 0 atom stereocenters. The average molecular weight is 276 g/mol. The Bertz CT molecular complexity index is 150. The number of benzene rings is 1. The van der Waals surface area contributed by atoms with E-state index in [4.69, 9.17) is 0 Å². The summed E-state index contributed by atoms with van der Waals surface area (Å²) < 4.78 is 1.50. The van der Waals surface area contributed by atoms with Gasteiger partial charge in [-0.3, -0.25) is 0 Å².